The molecule has 1 aromatic rings. The highest BCUT2D eigenvalue weighted by atomic mass is 16.7. The molecule has 6 nitrogen and oxygen atoms in total. The van der Waals surface area contributed by atoms with Crippen LogP contribution in [0.2, 0.25) is 0 Å². The smallest absolute Gasteiger partial charge is 0.176 e. The first-order valence-corrected chi connectivity index (χ1v) is 5.43. The fourth-order valence-corrected chi connectivity index (χ4v) is 1.70. The minimum absolute atomic E-state index is 0.165. The van der Waals surface area contributed by atoms with Crippen LogP contribution in [0.1, 0.15) is 24.2 Å². The first-order chi connectivity index (χ1) is 8.35. The Bertz CT molecular complexity index is 463. The molecule has 88 valence electrons. The molecule has 0 aromatic carbocycles. The molecule has 6 heteroatoms. The Morgan fingerprint density at radius 3 is 2.76 bits per heavy atom. The Kier molecular flexibility index (Phi) is 3.71. The van der Waals surface area contributed by atoms with Crippen molar-refractivity contribution in [1.29, 1.82) is 10.5 Å². The van der Waals surface area contributed by atoms with E-state index in [0.717, 1.165) is 6.42 Å². The highest BCUT2D eigenvalue weighted by molar-refractivity contribution is 5.35. The lowest BCUT2D eigenvalue weighted by Crippen LogP contribution is -2.26. The summed E-state index contributed by atoms with van der Waals surface area (Å²) in [6, 6.07) is 3.87. The summed E-state index contributed by atoms with van der Waals surface area (Å²) in [5.74, 6) is 0. The Balaban J connectivity index is 1.97. The van der Waals surface area contributed by atoms with Crippen molar-refractivity contribution in [3.8, 4) is 12.1 Å². The molecule has 1 saturated heterocycles. The Morgan fingerprint density at radius 2 is 2.12 bits per heavy atom. The molecular formula is C11H12N4O2. The highest BCUT2D eigenvalue weighted by Crippen LogP contribution is 2.12. The number of nitriles is 2. The largest absolute Gasteiger partial charge is 0.353 e. The molecule has 17 heavy (non-hydrogen) atoms. The molecule has 1 aliphatic heterocycles. The van der Waals surface area contributed by atoms with E-state index in [1.54, 1.807) is 4.57 Å². The molecule has 0 atom stereocenters. The van der Waals surface area contributed by atoms with E-state index in [1.807, 2.05) is 12.1 Å². The van der Waals surface area contributed by atoms with E-state index in [9.17, 15) is 0 Å². The van der Waals surface area contributed by atoms with Crippen LogP contribution < -0.4 is 0 Å². The van der Waals surface area contributed by atoms with Gasteiger partial charge in [0.15, 0.2) is 17.7 Å². The Labute approximate surface area is 99.0 Å². The molecule has 0 amide bonds. The van der Waals surface area contributed by atoms with Crippen molar-refractivity contribution in [3.05, 3.63) is 17.7 Å². The van der Waals surface area contributed by atoms with Crippen LogP contribution in [-0.4, -0.2) is 29.1 Å². The average molecular weight is 232 g/mol. The highest BCUT2D eigenvalue weighted by Gasteiger charge is 2.16. The molecule has 1 aromatic heterocycles. The minimum atomic E-state index is -0.219. The number of ether oxygens (including phenoxy) is 2. The quantitative estimate of drug-likeness (QED) is 0.768. The van der Waals surface area contributed by atoms with Crippen LogP contribution in [0.4, 0.5) is 0 Å². The molecule has 0 unspecified atom stereocenters. The standard InChI is InChI=1S/C11H12N4O2/c12-6-9-10(7-13)15(8-14-9)3-2-11-16-4-1-5-17-11/h8,11H,1-5H2. The summed E-state index contributed by atoms with van der Waals surface area (Å²) in [5.41, 5.74) is 0.460. The van der Waals surface area contributed by atoms with Crippen LogP contribution in [0.15, 0.2) is 6.33 Å². The number of hydrogen-bond donors (Lipinski definition) is 0. The van der Waals surface area contributed by atoms with Gasteiger partial charge < -0.3 is 14.0 Å². The van der Waals surface area contributed by atoms with Crippen molar-refractivity contribution in [2.75, 3.05) is 13.2 Å². The van der Waals surface area contributed by atoms with Crippen molar-refractivity contribution in [3.63, 3.8) is 0 Å². The van der Waals surface area contributed by atoms with Gasteiger partial charge in [-0.3, -0.25) is 0 Å². The lowest BCUT2D eigenvalue weighted by atomic mass is 10.3. The molecule has 0 radical (unpaired) electrons. The number of aromatic nitrogens is 2. The third-order valence-electron chi connectivity index (χ3n) is 2.55. The van der Waals surface area contributed by atoms with Crippen LogP contribution in [0.5, 0.6) is 0 Å². The number of rotatable bonds is 3. The van der Waals surface area contributed by atoms with E-state index < -0.39 is 0 Å². The third kappa shape index (κ3) is 2.62. The summed E-state index contributed by atoms with van der Waals surface area (Å²) < 4.78 is 12.5. The second kappa shape index (κ2) is 5.44. The monoisotopic (exact) mass is 232 g/mol. The molecule has 0 bridgehead atoms. The fourth-order valence-electron chi connectivity index (χ4n) is 1.70. The summed E-state index contributed by atoms with van der Waals surface area (Å²) in [5, 5.41) is 17.7. The molecule has 0 saturated carbocycles. The van der Waals surface area contributed by atoms with E-state index in [1.165, 1.54) is 6.33 Å². The van der Waals surface area contributed by atoms with Gasteiger partial charge in [0.1, 0.15) is 12.1 Å². The first-order valence-electron chi connectivity index (χ1n) is 5.43. The Morgan fingerprint density at radius 1 is 1.35 bits per heavy atom. The van der Waals surface area contributed by atoms with E-state index in [4.69, 9.17) is 20.0 Å². The summed E-state index contributed by atoms with van der Waals surface area (Å²) >= 11 is 0. The van der Waals surface area contributed by atoms with Gasteiger partial charge in [0.05, 0.1) is 19.5 Å². The van der Waals surface area contributed by atoms with E-state index in [2.05, 4.69) is 4.98 Å². The van der Waals surface area contributed by atoms with E-state index in [-0.39, 0.29) is 12.0 Å². The molecule has 0 spiro atoms. The van der Waals surface area contributed by atoms with Gasteiger partial charge in [0.2, 0.25) is 0 Å². The zero-order chi connectivity index (χ0) is 12.1. The van der Waals surface area contributed by atoms with Crippen LogP contribution in [0.25, 0.3) is 0 Å². The molecule has 0 N–H and O–H groups in total. The summed E-state index contributed by atoms with van der Waals surface area (Å²) in [4.78, 5) is 3.87. The third-order valence-corrected chi connectivity index (χ3v) is 2.55. The van der Waals surface area contributed by atoms with Gasteiger partial charge in [-0.2, -0.15) is 10.5 Å². The van der Waals surface area contributed by atoms with Crippen LogP contribution >= 0.6 is 0 Å². The number of nitrogens with zero attached hydrogens (tertiary/aromatic N) is 4. The predicted octanol–water partition coefficient (Wildman–Crippen LogP) is 0.780. The van der Waals surface area contributed by atoms with Crippen molar-refractivity contribution < 1.29 is 9.47 Å². The van der Waals surface area contributed by atoms with Crippen molar-refractivity contribution in [2.24, 2.45) is 0 Å². The average Bonchev–Trinajstić information content (AvgIpc) is 2.79. The maximum Gasteiger partial charge on any atom is 0.176 e. The van der Waals surface area contributed by atoms with Gasteiger partial charge >= 0.3 is 0 Å². The van der Waals surface area contributed by atoms with E-state index >= 15 is 0 Å². The summed E-state index contributed by atoms with van der Waals surface area (Å²) in [6.07, 6.45) is 2.85. The molecule has 2 heterocycles. The summed E-state index contributed by atoms with van der Waals surface area (Å²) in [6.45, 7) is 1.98. The van der Waals surface area contributed by atoms with Gasteiger partial charge in [0.25, 0.3) is 0 Å². The van der Waals surface area contributed by atoms with E-state index in [0.29, 0.717) is 31.9 Å². The maximum atomic E-state index is 8.93. The predicted molar refractivity (Wildman–Crippen MR) is 56.6 cm³/mol. The molecular weight excluding hydrogens is 220 g/mol. The lowest BCUT2D eigenvalue weighted by molar-refractivity contribution is -0.182. The second-order valence-corrected chi connectivity index (χ2v) is 3.67. The minimum Gasteiger partial charge on any atom is -0.353 e. The summed E-state index contributed by atoms with van der Waals surface area (Å²) in [7, 11) is 0. The molecule has 1 fully saturated rings. The lowest BCUT2D eigenvalue weighted by Gasteiger charge is -2.23. The topological polar surface area (TPSA) is 83.9 Å². The fraction of sp³-hybridized carbons (Fsp3) is 0.545. The second-order valence-electron chi connectivity index (χ2n) is 3.67. The van der Waals surface area contributed by atoms with Gasteiger partial charge in [-0.05, 0) is 6.42 Å². The van der Waals surface area contributed by atoms with Crippen LogP contribution in [0, 0.1) is 22.7 Å². The van der Waals surface area contributed by atoms with Gasteiger partial charge in [0, 0.05) is 13.0 Å². The van der Waals surface area contributed by atoms with Crippen LogP contribution in [0.3, 0.4) is 0 Å². The zero-order valence-electron chi connectivity index (χ0n) is 9.30. The van der Waals surface area contributed by atoms with Crippen molar-refractivity contribution in [2.45, 2.75) is 25.7 Å². The molecule has 1 aliphatic rings. The SMILES string of the molecule is N#Cc1ncn(CCC2OCCCO2)c1C#N. The first kappa shape index (κ1) is 11.6. The maximum absolute atomic E-state index is 8.93. The number of hydrogen-bond acceptors (Lipinski definition) is 5. The zero-order valence-corrected chi connectivity index (χ0v) is 9.30. The van der Waals surface area contributed by atoms with Crippen LogP contribution in [-0.2, 0) is 16.0 Å². The molecule has 2 rings (SSSR count). The van der Waals surface area contributed by atoms with Gasteiger partial charge in [-0.1, -0.05) is 0 Å². The van der Waals surface area contributed by atoms with Crippen molar-refractivity contribution >= 4 is 0 Å². The number of aryl methyl sites for hydroxylation is 1. The molecule has 0 aliphatic carbocycles. The number of imidazole rings is 1. The van der Waals surface area contributed by atoms with Gasteiger partial charge in [-0.15, -0.1) is 0 Å². The normalized spacial score (nSPS) is 16.4. The van der Waals surface area contributed by atoms with Crippen molar-refractivity contribution in [1.82, 2.24) is 9.55 Å². The Hall–Kier alpha value is -1.89. The van der Waals surface area contributed by atoms with Gasteiger partial charge in [-0.25, -0.2) is 4.98 Å².